The maximum Gasteiger partial charge on any atom is 0.248 e. The SMILES string of the molecule is CCc1cc(=O)[nH]c2cc(NC(=O)CCC(=O)c3ccccc3)ccc12. The monoisotopic (exact) mass is 348 g/mol. The van der Waals surface area contributed by atoms with Crippen LogP contribution in [0.4, 0.5) is 5.69 Å². The molecule has 0 radical (unpaired) electrons. The summed E-state index contributed by atoms with van der Waals surface area (Å²) in [6, 6.07) is 15.9. The lowest BCUT2D eigenvalue weighted by Gasteiger charge is -2.08. The zero-order valence-corrected chi connectivity index (χ0v) is 14.5. The molecule has 5 nitrogen and oxygen atoms in total. The number of amides is 1. The predicted octanol–water partition coefficient (Wildman–Crippen LogP) is 3.69. The number of aromatic nitrogens is 1. The van der Waals surface area contributed by atoms with Crippen LogP contribution in [-0.4, -0.2) is 16.7 Å². The number of pyridine rings is 1. The number of rotatable bonds is 6. The Bertz CT molecular complexity index is 1010. The highest BCUT2D eigenvalue weighted by Crippen LogP contribution is 2.20. The van der Waals surface area contributed by atoms with E-state index in [9.17, 15) is 14.4 Å². The standard InChI is InChI=1S/C21H20N2O3/c1-2-14-12-21(26)23-18-13-16(8-9-17(14)18)22-20(25)11-10-19(24)15-6-4-3-5-7-15/h3-9,12-13H,2,10-11H2,1H3,(H,22,25)(H,23,26). The Labute approximate surface area is 151 Å². The molecule has 0 fully saturated rings. The summed E-state index contributed by atoms with van der Waals surface area (Å²) in [6.07, 6.45) is 1.02. The van der Waals surface area contributed by atoms with Crippen molar-refractivity contribution in [3.8, 4) is 0 Å². The second-order valence-corrected chi connectivity index (χ2v) is 6.11. The van der Waals surface area contributed by atoms with E-state index in [1.54, 1.807) is 42.5 Å². The van der Waals surface area contributed by atoms with Crippen molar-refractivity contribution in [2.75, 3.05) is 5.32 Å². The van der Waals surface area contributed by atoms with Crippen LogP contribution in [0.2, 0.25) is 0 Å². The Morgan fingerprint density at radius 2 is 1.77 bits per heavy atom. The zero-order valence-electron chi connectivity index (χ0n) is 14.5. The van der Waals surface area contributed by atoms with Crippen molar-refractivity contribution in [1.29, 1.82) is 0 Å². The van der Waals surface area contributed by atoms with E-state index in [0.717, 1.165) is 17.4 Å². The lowest BCUT2D eigenvalue weighted by molar-refractivity contribution is -0.116. The molecule has 2 N–H and O–H groups in total. The molecular formula is C21H20N2O3. The summed E-state index contributed by atoms with van der Waals surface area (Å²) in [5.74, 6) is -0.293. The summed E-state index contributed by atoms with van der Waals surface area (Å²) in [4.78, 5) is 38.7. The molecule has 1 amide bonds. The second kappa shape index (κ2) is 7.78. The molecule has 3 rings (SSSR count). The van der Waals surface area contributed by atoms with Crippen molar-refractivity contribution in [3.63, 3.8) is 0 Å². The molecule has 0 saturated carbocycles. The van der Waals surface area contributed by atoms with Gasteiger partial charge in [-0.15, -0.1) is 0 Å². The summed E-state index contributed by atoms with van der Waals surface area (Å²) >= 11 is 0. The van der Waals surface area contributed by atoms with E-state index in [2.05, 4.69) is 10.3 Å². The molecule has 3 aromatic rings. The number of aryl methyl sites for hydroxylation is 1. The average Bonchev–Trinajstić information content (AvgIpc) is 2.65. The van der Waals surface area contributed by atoms with Gasteiger partial charge < -0.3 is 10.3 Å². The van der Waals surface area contributed by atoms with E-state index in [4.69, 9.17) is 0 Å². The Hall–Kier alpha value is -3.21. The molecule has 0 saturated heterocycles. The van der Waals surface area contributed by atoms with E-state index in [1.807, 2.05) is 19.1 Å². The molecular weight excluding hydrogens is 328 g/mol. The Kier molecular flexibility index (Phi) is 5.27. The summed E-state index contributed by atoms with van der Waals surface area (Å²) in [5, 5.41) is 3.75. The topological polar surface area (TPSA) is 79.0 Å². The molecule has 1 aromatic heterocycles. The van der Waals surface area contributed by atoms with Gasteiger partial charge in [0.25, 0.3) is 0 Å². The minimum atomic E-state index is -0.234. The normalized spacial score (nSPS) is 10.7. The van der Waals surface area contributed by atoms with Gasteiger partial charge in [-0.05, 0) is 24.1 Å². The second-order valence-electron chi connectivity index (χ2n) is 6.11. The third-order valence-electron chi connectivity index (χ3n) is 4.27. The highest BCUT2D eigenvalue weighted by Gasteiger charge is 2.10. The molecule has 0 atom stereocenters. The van der Waals surface area contributed by atoms with Gasteiger partial charge in [0.15, 0.2) is 5.78 Å². The van der Waals surface area contributed by atoms with Crippen LogP contribution in [0.3, 0.4) is 0 Å². The molecule has 0 bridgehead atoms. The van der Waals surface area contributed by atoms with Crippen LogP contribution >= 0.6 is 0 Å². The lowest BCUT2D eigenvalue weighted by Crippen LogP contribution is -2.14. The van der Waals surface area contributed by atoms with E-state index in [0.29, 0.717) is 16.8 Å². The minimum absolute atomic E-state index is 0.0591. The van der Waals surface area contributed by atoms with Gasteiger partial charge in [-0.25, -0.2) is 0 Å². The molecule has 132 valence electrons. The van der Waals surface area contributed by atoms with Crippen LogP contribution in [-0.2, 0) is 11.2 Å². The lowest BCUT2D eigenvalue weighted by atomic mass is 10.1. The first-order chi connectivity index (χ1) is 12.6. The fourth-order valence-electron chi connectivity index (χ4n) is 2.92. The first kappa shape index (κ1) is 17.6. The van der Waals surface area contributed by atoms with Crippen LogP contribution in [0, 0.1) is 0 Å². The minimum Gasteiger partial charge on any atom is -0.326 e. The largest absolute Gasteiger partial charge is 0.326 e. The van der Waals surface area contributed by atoms with Crippen molar-refractivity contribution >= 4 is 28.3 Å². The van der Waals surface area contributed by atoms with Gasteiger partial charge in [-0.3, -0.25) is 14.4 Å². The van der Waals surface area contributed by atoms with Gasteiger partial charge >= 0.3 is 0 Å². The fraction of sp³-hybridized carbons (Fsp3) is 0.190. The number of hydrogen-bond donors (Lipinski definition) is 2. The fourth-order valence-corrected chi connectivity index (χ4v) is 2.92. The molecule has 0 aliphatic rings. The van der Waals surface area contributed by atoms with Crippen molar-refractivity contribution in [2.24, 2.45) is 0 Å². The van der Waals surface area contributed by atoms with Crippen LogP contribution in [0.25, 0.3) is 10.9 Å². The Morgan fingerprint density at radius 3 is 2.50 bits per heavy atom. The molecule has 0 unspecified atom stereocenters. The van der Waals surface area contributed by atoms with Crippen molar-refractivity contribution < 1.29 is 9.59 Å². The first-order valence-electron chi connectivity index (χ1n) is 8.61. The summed E-state index contributed by atoms with van der Waals surface area (Å²) < 4.78 is 0. The Morgan fingerprint density at radius 1 is 1.00 bits per heavy atom. The maximum atomic E-state index is 12.1. The molecule has 0 aliphatic heterocycles. The molecule has 2 aromatic carbocycles. The van der Waals surface area contributed by atoms with Gasteiger partial charge in [0, 0.05) is 35.5 Å². The van der Waals surface area contributed by atoms with Gasteiger partial charge in [0.2, 0.25) is 11.5 Å². The number of nitrogens with one attached hydrogen (secondary N) is 2. The summed E-state index contributed by atoms with van der Waals surface area (Å²) in [7, 11) is 0. The molecule has 26 heavy (non-hydrogen) atoms. The van der Waals surface area contributed by atoms with Crippen molar-refractivity contribution in [1.82, 2.24) is 4.98 Å². The summed E-state index contributed by atoms with van der Waals surface area (Å²) in [6.45, 7) is 1.99. The number of aromatic amines is 1. The summed E-state index contributed by atoms with van der Waals surface area (Å²) in [5.41, 5.74) is 2.70. The van der Waals surface area contributed by atoms with E-state index in [1.165, 1.54) is 0 Å². The van der Waals surface area contributed by atoms with Crippen LogP contribution < -0.4 is 10.9 Å². The zero-order chi connectivity index (χ0) is 18.5. The third-order valence-corrected chi connectivity index (χ3v) is 4.27. The number of fused-ring (bicyclic) bond motifs is 1. The average molecular weight is 348 g/mol. The molecule has 5 heteroatoms. The molecule has 0 aliphatic carbocycles. The quantitative estimate of drug-likeness (QED) is 0.667. The van der Waals surface area contributed by atoms with Gasteiger partial charge in [0.05, 0.1) is 5.52 Å². The highest BCUT2D eigenvalue weighted by molar-refractivity contribution is 6.00. The first-order valence-corrected chi connectivity index (χ1v) is 8.61. The van der Waals surface area contributed by atoms with Gasteiger partial charge in [0.1, 0.15) is 0 Å². The van der Waals surface area contributed by atoms with E-state index >= 15 is 0 Å². The van der Waals surface area contributed by atoms with Crippen LogP contribution in [0.1, 0.15) is 35.7 Å². The number of hydrogen-bond acceptors (Lipinski definition) is 3. The predicted molar refractivity (Wildman–Crippen MR) is 103 cm³/mol. The van der Waals surface area contributed by atoms with Crippen LogP contribution in [0.5, 0.6) is 0 Å². The van der Waals surface area contributed by atoms with E-state index in [-0.39, 0.29) is 30.1 Å². The number of benzene rings is 2. The number of Topliss-reactive ketones (excluding diaryl/α,β-unsaturated/α-hetero) is 1. The number of carbonyl (C=O) groups excluding carboxylic acids is 2. The van der Waals surface area contributed by atoms with Gasteiger partial charge in [-0.1, -0.05) is 43.3 Å². The maximum absolute atomic E-state index is 12.1. The van der Waals surface area contributed by atoms with Crippen LogP contribution in [0.15, 0.2) is 59.4 Å². The van der Waals surface area contributed by atoms with Crippen molar-refractivity contribution in [2.45, 2.75) is 26.2 Å². The van der Waals surface area contributed by atoms with Crippen molar-refractivity contribution in [3.05, 3.63) is 76.1 Å². The number of ketones is 1. The van der Waals surface area contributed by atoms with Gasteiger partial charge in [-0.2, -0.15) is 0 Å². The number of carbonyl (C=O) groups is 2. The number of H-pyrrole nitrogens is 1. The van der Waals surface area contributed by atoms with E-state index < -0.39 is 0 Å². The molecule has 0 spiro atoms. The Balaban J connectivity index is 1.67. The molecule has 1 heterocycles. The third kappa shape index (κ3) is 4.06. The smallest absolute Gasteiger partial charge is 0.248 e. The highest BCUT2D eigenvalue weighted by atomic mass is 16.2. The number of anilines is 1.